The van der Waals surface area contributed by atoms with Gasteiger partial charge in [-0.25, -0.2) is 0 Å². The first-order valence-corrected chi connectivity index (χ1v) is 7.87. The molecule has 1 fully saturated rings. The minimum Gasteiger partial charge on any atom is -0.361 e. The second-order valence-electron chi connectivity index (χ2n) is 5.45. The summed E-state index contributed by atoms with van der Waals surface area (Å²) in [5, 5.41) is 4.94. The number of rotatable bonds is 4. The van der Waals surface area contributed by atoms with E-state index in [2.05, 4.69) is 35.3 Å². The third-order valence-corrected chi connectivity index (χ3v) is 4.68. The van der Waals surface area contributed by atoms with Crippen LogP contribution in [-0.4, -0.2) is 19.1 Å². The molecule has 1 aliphatic rings. The van der Waals surface area contributed by atoms with Gasteiger partial charge in [0.2, 0.25) is 0 Å². The number of hydrogen-bond donors (Lipinski definition) is 1. The Morgan fingerprint density at radius 3 is 2.43 bits per heavy atom. The van der Waals surface area contributed by atoms with Gasteiger partial charge in [-0.1, -0.05) is 41.4 Å². The Kier molecular flexibility index (Phi) is 4.39. The van der Waals surface area contributed by atoms with Crippen molar-refractivity contribution in [2.45, 2.75) is 19.5 Å². The van der Waals surface area contributed by atoms with Crippen LogP contribution in [0.3, 0.4) is 0 Å². The van der Waals surface area contributed by atoms with Crippen LogP contribution in [0, 0.1) is 6.92 Å². The molecule has 1 heterocycles. The largest absolute Gasteiger partial charge is 0.361 e. The zero-order chi connectivity index (χ0) is 14.8. The molecule has 0 unspecified atom stereocenters. The fraction of sp³-hybridized carbons (Fsp3) is 0.294. The van der Waals surface area contributed by atoms with Gasteiger partial charge in [0.05, 0.1) is 6.04 Å². The summed E-state index contributed by atoms with van der Waals surface area (Å²) < 4.78 is 0. The summed E-state index contributed by atoms with van der Waals surface area (Å²) in [6.45, 7) is 4.97. The fourth-order valence-electron chi connectivity index (χ4n) is 2.60. The first kappa shape index (κ1) is 14.7. The lowest BCUT2D eigenvalue weighted by Gasteiger charge is -2.40. The average Bonchev–Trinajstić information content (AvgIpc) is 2.42. The van der Waals surface area contributed by atoms with Crippen molar-refractivity contribution in [2.75, 3.05) is 18.0 Å². The van der Waals surface area contributed by atoms with Crippen LogP contribution in [0.2, 0.25) is 10.0 Å². The van der Waals surface area contributed by atoms with Gasteiger partial charge in [0.25, 0.3) is 0 Å². The highest BCUT2D eigenvalue weighted by atomic mass is 35.5. The molecule has 2 aromatic carbocycles. The summed E-state index contributed by atoms with van der Waals surface area (Å²) in [5.74, 6) is 0. The third-order valence-electron chi connectivity index (χ3n) is 4.02. The molecule has 0 radical (unpaired) electrons. The van der Waals surface area contributed by atoms with Gasteiger partial charge < -0.3 is 10.2 Å². The summed E-state index contributed by atoms with van der Waals surface area (Å²) in [5.41, 5.74) is 3.61. The summed E-state index contributed by atoms with van der Waals surface area (Å²) in [7, 11) is 0. The minimum atomic E-state index is 0.512. The Morgan fingerprint density at radius 2 is 1.81 bits per heavy atom. The van der Waals surface area contributed by atoms with Gasteiger partial charge in [0.1, 0.15) is 0 Å². The molecular weight excluding hydrogens is 303 g/mol. The summed E-state index contributed by atoms with van der Waals surface area (Å²) >= 11 is 12.3. The van der Waals surface area contributed by atoms with E-state index in [4.69, 9.17) is 23.2 Å². The first-order valence-electron chi connectivity index (χ1n) is 7.12. The van der Waals surface area contributed by atoms with Gasteiger partial charge in [-0.2, -0.15) is 0 Å². The monoisotopic (exact) mass is 320 g/mol. The Hall–Kier alpha value is -1.22. The second kappa shape index (κ2) is 6.27. The van der Waals surface area contributed by atoms with Gasteiger partial charge in [-0.15, -0.1) is 0 Å². The smallest absolute Gasteiger partial charge is 0.0542 e. The quantitative estimate of drug-likeness (QED) is 0.904. The number of halogens is 2. The SMILES string of the molecule is Cc1c(Cl)cccc1N(Cc1ccc(Cl)cc1)C1CNC1. The van der Waals surface area contributed by atoms with Gasteiger partial charge in [-0.05, 0) is 42.3 Å². The molecule has 0 spiro atoms. The molecule has 110 valence electrons. The second-order valence-corrected chi connectivity index (χ2v) is 6.29. The topological polar surface area (TPSA) is 15.3 Å². The van der Waals surface area contributed by atoms with E-state index in [1.165, 1.54) is 11.3 Å². The standard InChI is InChI=1S/C17H18Cl2N2/c1-12-16(19)3-2-4-17(12)21(15-9-20-10-15)11-13-5-7-14(18)8-6-13/h2-8,15,20H,9-11H2,1H3. The molecular formula is C17H18Cl2N2. The molecule has 1 saturated heterocycles. The maximum atomic E-state index is 6.29. The molecule has 4 heteroatoms. The van der Waals surface area contributed by atoms with E-state index < -0.39 is 0 Å². The zero-order valence-electron chi connectivity index (χ0n) is 11.9. The first-order chi connectivity index (χ1) is 10.1. The van der Waals surface area contributed by atoms with Crippen molar-refractivity contribution in [3.8, 4) is 0 Å². The van der Waals surface area contributed by atoms with E-state index in [0.29, 0.717) is 6.04 Å². The van der Waals surface area contributed by atoms with Gasteiger partial charge in [0, 0.05) is 35.4 Å². The van der Waals surface area contributed by atoms with E-state index in [1.54, 1.807) is 0 Å². The van der Waals surface area contributed by atoms with Crippen molar-refractivity contribution in [1.82, 2.24) is 5.32 Å². The maximum Gasteiger partial charge on any atom is 0.0542 e. The fourth-order valence-corrected chi connectivity index (χ4v) is 2.89. The molecule has 2 nitrogen and oxygen atoms in total. The van der Waals surface area contributed by atoms with E-state index in [0.717, 1.165) is 35.2 Å². The van der Waals surface area contributed by atoms with Crippen LogP contribution in [0.4, 0.5) is 5.69 Å². The number of nitrogens with one attached hydrogen (secondary N) is 1. The highest BCUT2D eigenvalue weighted by molar-refractivity contribution is 6.31. The van der Waals surface area contributed by atoms with Crippen molar-refractivity contribution in [2.24, 2.45) is 0 Å². The number of hydrogen-bond acceptors (Lipinski definition) is 2. The predicted molar refractivity (Wildman–Crippen MR) is 90.5 cm³/mol. The molecule has 21 heavy (non-hydrogen) atoms. The van der Waals surface area contributed by atoms with Crippen LogP contribution in [0.5, 0.6) is 0 Å². The van der Waals surface area contributed by atoms with Crippen LogP contribution >= 0.6 is 23.2 Å². The third kappa shape index (κ3) is 3.18. The highest BCUT2D eigenvalue weighted by Gasteiger charge is 2.26. The van der Waals surface area contributed by atoms with Crippen LogP contribution in [-0.2, 0) is 6.54 Å². The lowest BCUT2D eigenvalue weighted by molar-refractivity contribution is 0.411. The number of nitrogens with zero attached hydrogens (tertiary/aromatic N) is 1. The lowest BCUT2D eigenvalue weighted by Crippen LogP contribution is -2.57. The predicted octanol–water partition coefficient (Wildman–Crippen LogP) is 4.28. The van der Waals surface area contributed by atoms with Crippen LogP contribution in [0.25, 0.3) is 0 Å². The molecule has 0 aliphatic carbocycles. The van der Waals surface area contributed by atoms with Crippen molar-refractivity contribution in [3.63, 3.8) is 0 Å². The normalized spacial score (nSPS) is 14.8. The van der Waals surface area contributed by atoms with E-state index in [9.17, 15) is 0 Å². The lowest BCUT2D eigenvalue weighted by atomic mass is 10.0. The Morgan fingerprint density at radius 1 is 1.10 bits per heavy atom. The average molecular weight is 321 g/mol. The Labute approximate surface area is 135 Å². The van der Waals surface area contributed by atoms with E-state index >= 15 is 0 Å². The molecule has 2 aromatic rings. The van der Waals surface area contributed by atoms with Gasteiger partial charge in [0.15, 0.2) is 0 Å². The highest BCUT2D eigenvalue weighted by Crippen LogP contribution is 2.30. The number of anilines is 1. The molecule has 0 aromatic heterocycles. The summed E-state index contributed by atoms with van der Waals surface area (Å²) in [6.07, 6.45) is 0. The molecule has 1 N–H and O–H groups in total. The Bertz CT molecular complexity index is 621. The van der Waals surface area contributed by atoms with Crippen molar-refractivity contribution < 1.29 is 0 Å². The van der Waals surface area contributed by atoms with Crippen molar-refractivity contribution in [1.29, 1.82) is 0 Å². The molecule has 0 atom stereocenters. The van der Waals surface area contributed by atoms with Crippen LogP contribution in [0.15, 0.2) is 42.5 Å². The van der Waals surface area contributed by atoms with Crippen LogP contribution < -0.4 is 10.2 Å². The van der Waals surface area contributed by atoms with E-state index in [1.807, 2.05) is 24.3 Å². The molecule has 0 bridgehead atoms. The van der Waals surface area contributed by atoms with Crippen molar-refractivity contribution >= 4 is 28.9 Å². The Balaban J connectivity index is 1.90. The molecule has 0 saturated carbocycles. The summed E-state index contributed by atoms with van der Waals surface area (Å²) in [6, 6.07) is 14.7. The minimum absolute atomic E-state index is 0.512. The van der Waals surface area contributed by atoms with Crippen LogP contribution in [0.1, 0.15) is 11.1 Å². The van der Waals surface area contributed by atoms with Gasteiger partial charge >= 0.3 is 0 Å². The zero-order valence-corrected chi connectivity index (χ0v) is 13.5. The van der Waals surface area contributed by atoms with Gasteiger partial charge in [-0.3, -0.25) is 0 Å². The van der Waals surface area contributed by atoms with Crippen molar-refractivity contribution in [3.05, 3.63) is 63.6 Å². The van der Waals surface area contributed by atoms with E-state index in [-0.39, 0.29) is 0 Å². The number of benzene rings is 2. The summed E-state index contributed by atoms with van der Waals surface area (Å²) in [4.78, 5) is 2.43. The molecule has 1 aliphatic heterocycles. The molecule has 0 amide bonds. The maximum absolute atomic E-state index is 6.29. The molecule has 3 rings (SSSR count).